The van der Waals surface area contributed by atoms with Gasteiger partial charge < -0.3 is 24.3 Å². The summed E-state index contributed by atoms with van der Waals surface area (Å²) in [6, 6.07) is 15.5. The van der Waals surface area contributed by atoms with Crippen molar-refractivity contribution in [3.63, 3.8) is 0 Å². The lowest BCUT2D eigenvalue weighted by molar-refractivity contribution is -0.137. The number of halogens is 4. The number of ketones is 1. The Bertz CT molecular complexity index is 2270. The largest absolute Gasteiger partial charge is 0.453 e. The van der Waals surface area contributed by atoms with Crippen LogP contribution in [-0.4, -0.2) is 57.9 Å². The molecule has 1 amide bonds. The predicted molar refractivity (Wildman–Crippen MR) is 242 cm³/mol. The normalized spacial score (nSPS) is 26.9. The Hall–Kier alpha value is -3.90. The molecule has 0 saturated heterocycles. The summed E-state index contributed by atoms with van der Waals surface area (Å²) in [4.78, 5) is 32.1. The first-order chi connectivity index (χ1) is 29.8. The molecule has 2 aromatic heterocycles. The molecule has 4 aliphatic carbocycles. The summed E-state index contributed by atoms with van der Waals surface area (Å²) in [6.45, 7) is 11.1. The molecule has 7 atom stereocenters. The third-order valence-electron chi connectivity index (χ3n) is 14.4. The minimum absolute atomic E-state index is 0.00811. The number of hydrogen-bond acceptors (Lipinski definition) is 7. The predicted octanol–water partition coefficient (Wildman–Crippen LogP) is 13.1. The second-order valence-electron chi connectivity index (χ2n) is 19.1. The highest BCUT2D eigenvalue weighted by molar-refractivity contribution is 7.09. The van der Waals surface area contributed by atoms with E-state index in [0.29, 0.717) is 80.9 Å². The zero-order valence-electron chi connectivity index (χ0n) is 37.0. The SMILES string of the molecule is CC1=CCC[C@@]2(C)[C@@H](CC[C@@]2(O)CN(CCc2cccs2)C(=O)O[C@H]2C[C@@H](C)CC[C@@H]2C(C)C)c2ccc(cc2C(=O)c2ccc(-c3cc(C(F)(F)F)ccc3Cl)o2)C[C@@H](O)CC1. The molecule has 63 heavy (non-hydrogen) atoms. The number of aliphatic hydroxyl groups excluding tert-OH is 1. The van der Waals surface area contributed by atoms with Crippen molar-refractivity contribution in [2.75, 3.05) is 13.1 Å². The lowest BCUT2D eigenvalue weighted by atomic mass is 9.64. The number of alkyl halides is 3. The van der Waals surface area contributed by atoms with Crippen LogP contribution in [0.3, 0.4) is 0 Å². The van der Waals surface area contributed by atoms with Gasteiger partial charge in [-0.25, -0.2) is 4.79 Å². The summed E-state index contributed by atoms with van der Waals surface area (Å²) >= 11 is 8.00. The number of carbonyl (C=O) groups is 2. The molecule has 4 aromatic rings. The number of furan rings is 1. The Morgan fingerprint density at radius 3 is 2.57 bits per heavy atom. The Labute approximate surface area is 378 Å². The van der Waals surface area contributed by atoms with Crippen molar-refractivity contribution >= 4 is 34.8 Å². The monoisotopic (exact) mass is 907 g/mol. The molecule has 0 radical (unpaired) electrons. The topological polar surface area (TPSA) is 100 Å². The van der Waals surface area contributed by atoms with Crippen molar-refractivity contribution in [3.05, 3.63) is 116 Å². The number of benzene rings is 2. The minimum Gasteiger partial charge on any atom is -0.453 e. The average molecular weight is 909 g/mol. The molecule has 2 bridgehead atoms. The molecule has 12 heteroatoms. The van der Waals surface area contributed by atoms with Crippen LogP contribution in [0.1, 0.15) is 136 Å². The van der Waals surface area contributed by atoms with Crippen LogP contribution in [0.4, 0.5) is 18.0 Å². The molecular formula is C51H61ClF3NO6S. The number of fused-ring (bicyclic) bond motifs is 8. The Kier molecular flexibility index (Phi) is 14.4. The quantitative estimate of drug-likeness (QED) is 0.121. The minimum atomic E-state index is -4.61. The van der Waals surface area contributed by atoms with Gasteiger partial charge in [-0.1, -0.05) is 75.6 Å². The highest BCUT2D eigenvalue weighted by atomic mass is 35.5. The molecule has 2 saturated carbocycles. The van der Waals surface area contributed by atoms with E-state index in [-0.39, 0.29) is 46.6 Å². The lowest BCUT2D eigenvalue weighted by Gasteiger charge is -2.46. The van der Waals surface area contributed by atoms with Gasteiger partial charge in [-0.15, -0.1) is 11.3 Å². The fourth-order valence-electron chi connectivity index (χ4n) is 10.5. The van der Waals surface area contributed by atoms with Crippen molar-refractivity contribution in [2.45, 2.75) is 135 Å². The van der Waals surface area contributed by atoms with E-state index in [1.54, 1.807) is 22.3 Å². The molecule has 2 heterocycles. The van der Waals surface area contributed by atoms with Gasteiger partial charge in [0.25, 0.3) is 0 Å². The van der Waals surface area contributed by atoms with Gasteiger partial charge in [0.15, 0.2) is 5.76 Å². The maximum Gasteiger partial charge on any atom is 0.416 e. The summed E-state index contributed by atoms with van der Waals surface area (Å²) in [5.74, 6) is 0.170. The van der Waals surface area contributed by atoms with Gasteiger partial charge in [0.2, 0.25) is 5.78 Å². The Morgan fingerprint density at radius 2 is 1.84 bits per heavy atom. The molecule has 7 nitrogen and oxygen atoms in total. The van der Waals surface area contributed by atoms with Gasteiger partial charge in [0, 0.05) is 28.0 Å². The standard InChI is InChI=1S/C51H61ClF3NO6S/c1-31(2)38-15-11-33(4)26-46(38)62-48(59)56(24-21-37-9-7-25-63-37)30-50(60)23-20-42-39-16-12-34(27-36(57)14-10-32(3)8-6-22-49(42,50)5)28-40(39)47(58)45-19-18-44(61-45)41-29-35(51(53,54)55)13-17-43(41)52/h7-9,12-13,16-19,25,28-29,31,33,36,38,42,46,57,60H,6,10-11,14-15,20-24,26-27,30H2,1-5H3/t33-,36-,38+,42-,46-,49-,50+/m0/s1. The number of allylic oxidation sites excluding steroid dienone is 2. The van der Waals surface area contributed by atoms with E-state index in [9.17, 15) is 33.0 Å². The number of nitrogens with zero attached hydrogens (tertiary/aromatic N) is 1. The van der Waals surface area contributed by atoms with Crippen LogP contribution in [0.15, 0.2) is 82.1 Å². The molecule has 8 rings (SSSR count). The molecule has 0 aliphatic heterocycles. The van der Waals surface area contributed by atoms with Gasteiger partial charge in [0.05, 0.1) is 28.8 Å². The van der Waals surface area contributed by atoms with E-state index in [2.05, 4.69) is 46.8 Å². The van der Waals surface area contributed by atoms with Gasteiger partial charge >= 0.3 is 12.3 Å². The number of thiophene rings is 1. The molecule has 0 unspecified atom stereocenters. The molecule has 340 valence electrons. The van der Waals surface area contributed by atoms with Gasteiger partial charge in [-0.3, -0.25) is 4.79 Å². The van der Waals surface area contributed by atoms with E-state index in [0.717, 1.165) is 53.5 Å². The van der Waals surface area contributed by atoms with E-state index in [1.807, 2.05) is 23.6 Å². The zero-order chi connectivity index (χ0) is 45.3. The molecule has 0 spiro atoms. The first kappa shape index (κ1) is 47.1. The van der Waals surface area contributed by atoms with E-state index < -0.39 is 40.7 Å². The number of amides is 1. The first-order valence-corrected chi connectivity index (χ1v) is 23.8. The summed E-state index contributed by atoms with van der Waals surface area (Å²) < 4.78 is 53.6. The second kappa shape index (κ2) is 19.3. The average Bonchev–Trinajstić information content (AvgIpc) is 3.99. The van der Waals surface area contributed by atoms with Crippen molar-refractivity contribution in [2.24, 2.45) is 23.2 Å². The fourth-order valence-corrected chi connectivity index (χ4v) is 11.4. The second-order valence-corrected chi connectivity index (χ2v) is 20.6. The number of ether oxygens (including phenoxy) is 1. The van der Waals surface area contributed by atoms with E-state index in [1.165, 1.54) is 12.1 Å². The lowest BCUT2D eigenvalue weighted by Crippen LogP contribution is -2.54. The number of aliphatic hydroxyl groups is 2. The summed E-state index contributed by atoms with van der Waals surface area (Å²) in [6.07, 6.45) is 3.37. The van der Waals surface area contributed by atoms with Crippen molar-refractivity contribution in [1.29, 1.82) is 0 Å². The highest BCUT2D eigenvalue weighted by Crippen LogP contribution is 2.59. The van der Waals surface area contributed by atoms with Crippen LogP contribution >= 0.6 is 22.9 Å². The fraction of sp³-hybridized carbons (Fsp3) is 0.529. The number of carbonyl (C=O) groups excluding carboxylic acids is 2. The summed E-state index contributed by atoms with van der Waals surface area (Å²) in [7, 11) is 0. The maximum absolute atomic E-state index is 14.8. The third-order valence-corrected chi connectivity index (χ3v) is 15.7. The smallest absolute Gasteiger partial charge is 0.416 e. The Morgan fingerprint density at radius 1 is 1.05 bits per heavy atom. The highest BCUT2D eigenvalue weighted by Gasteiger charge is 2.58. The van der Waals surface area contributed by atoms with Crippen molar-refractivity contribution in [3.8, 4) is 11.3 Å². The van der Waals surface area contributed by atoms with Crippen LogP contribution < -0.4 is 0 Å². The Balaban J connectivity index is 1.26. The molecule has 4 aliphatic rings. The van der Waals surface area contributed by atoms with Crippen LogP contribution in [0.2, 0.25) is 5.02 Å². The summed E-state index contributed by atoms with van der Waals surface area (Å²) in [5.41, 5.74) is -0.180. The van der Waals surface area contributed by atoms with E-state index in [4.69, 9.17) is 20.8 Å². The molecular weight excluding hydrogens is 847 g/mol. The van der Waals surface area contributed by atoms with Crippen LogP contribution in [-0.2, 0) is 23.8 Å². The third kappa shape index (κ3) is 10.5. The zero-order valence-corrected chi connectivity index (χ0v) is 38.6. The van der Waals surface area contributed by atoms with Crippen LogP contribution in [0.25, 0.3) is 11.3 Å². The molecule has 2 fully saturated rings. The van der Waals surface area contributed by atoms with Gasteiger partial charge in [0.1, 0.15) is 11.9 Å². The maximum atomic E-state index is 14.8. The van der Waals surface area contributed by atoms with Gasteiger partial charge in [-0.05, 0) is 154 Å². The summed E-state index contributed by atoms with van der Waals surface area (Å²) in [5, 5.41) is 26.4. The first-order valence-electron chi connectivity index (χ1n) is 22.5. The van der Waals surface area contributed by atoms with Crippen LogP contribution in [0, 0.1) is 23.2 Å². The number of hydrogen-bond donors (Lipinski definition) is 2. The molecule has 2 N–H and O–H groups in total. The number of rotatable bonds is 10. The van der Waals surface area contributed by atoms with Crippen LogP contribution in [0.5, 0.6) is 0 Å². The van der Waals surface area contributed by atoms with E-state index >= 15 is 0 Å². The van der Waals surface area contributed by atoms with Crippen molar-refractivity contribution in [1.82, 2.24) is 4.90 Å². The van der Waals surface area contributed by atoms with Crippen molar-refractivity contribution < 1.29 is 42.1 Å². The molecule has 2 aromatic carbocycles. The van der Waals surface area contributed by atoms with Gasteiger partial charge in [-0.2, -0.15) is 13.2 Å².